The smallest absolute Gasteiger partial charge is 0.0764 e. The van der Waals surface area contributed by atoms with Gasteiger partial charge in [-0.2, -0.15) is 0 Å². The van der Waals surface area contributed by atoms with Crippen LogP contribution in [0.15, 0.2) is 24.3 Å². The Labute approximate surface area is 64.9 Å². The number of hydrogen-bond acceptors (Lipinski definition) is 3. The molecule has 11 heavy (non-hydrogen) atoms. The number of hydrazine groups is 1. The van der Waals surface area contributed by atoms with Crippen molar-refractivity contribution in [2.45, 2.75) is 0 Å². The van der Waals surface area contributed by atoms with Gasteiger partial charge < -0.3 is 10.4 Å². The number of fused-ring (bicyclic) bond motifs is 1. The minimum atomic E-state index is 0.527. The number of nitrogens with one attached hydrogen (secondary N) is 1. The van der Waals surface area contributed by atoms with E-state index in [0.717, 1.165) is 11.3 Å². The van der Waals surface area contributed by atoms with E-state index in [0.29, 0.717) is 12.3 Å². The molecule has 0 unspecified atom stereocenters. The van der Waals surface area contributed by atoms with Crippen LogP contribution in [0.25, 0.3) is 0 Å². The summed E-state index contributed by atoms with van der Waals surface area (Å²) >= 11 is 0. The number of nitrogens with two attached hydrogens (primary N) is 1. The molecule has 2 rings (SSSR count). The molecule has 3 N–H and O–H groups in total. The highest BCUT2D eigenvalue weighted by molar-refractivity contribution is 6.09. The normalized spacial score (nSPS) is 15.4. The van der Waals surface area contributed by atoms with Crippen LogP contribution in [0.3, 0.4) is 0 Å². The first kappa shape index (κ1) is 6.37. The third-order valence-electron chi connectivity index (χ3n) is 1.87. The van der Waals surface area contributed by atoms with Gasteiger partial charge in [-0.3, -0.25) is 0 Å². The summed E-state index contributed by atoms with van der Waals surface area (Å²) in [6, 6.07) is 7.70. The summed E-state index contributed by atoms with van der Waals surface area (Å²) in [5, 5.41) is 9.13. The van der Waals surface area contributed by atoms with E-state index in [2.05, 4.69) is 0 Å². The van der Waals surface area contributed by atoms with Gasteiger partial charge in [-0.1, -0.05) is 18.2 Å². The lowest BCUT2D eigenvalue weighted by Gasteiger charge is -2.08. The van der Waals surface area contributed by atoms with Crippen molar-refractivity contribution < 1.29 is 0 Å². The van der Waals surface area contributed by atoms with Crippen molar-refractivity contribution in [3.63, 3.8) is 0 Å². The Bertz CT molecular complexity index is 306. The van der Waals surface area contributed by atoms with E-state index in [9.17, 15) is 0 Å². The van der Waals surface area contributed by atoms with Gasteiger partial charge in [-0.25, -0.2) is 5.84 Å². The Kier molecular flexibility index (Phi) is 1.20. The van der Waals surface area contributed by atoms with Gasteiger partial charge in [0, 0.05) is 5.56 Å². The maximum Gasteiger partial charge on any atom is 0.0764 e. The van der Waals surface area contributed by atoms with E-state index in [1.807, 2.05) is 24.3 Å². The zero-order valence-electron chi connectivity index (χ0n) is 6.04. The third-order valence-corrected chi connectivity index (χ3v) is 1.87. The lowest BCUT2D eigenvalue weighted by Crippen LogP contribution is -2.29. The van der Waals surface area contributed by atoms with Crippen molar-refractivity contribution in [3.8, 4) is 0 Å². The number of rotatable bonds is 0. The average molecular weight is 147 g/mol. The number of hydrogen-bond donors (Lipinski definition) is 2. The second-order valence-corrected chi connectivity index (χ2v) is 2.62. The van der Waals surface area contributed by atoms with E-state index < -0.39 is 0 Å². The summed E-state index contributed by atoms with van der Waals surface area (Å²) in [5.41, 5.74) is 2.51. The topological polar surface area (TPSA) is 53.1 Å². The summed E-state index contributed by atoms with van der Waals surface area (Å²) in [6.45, 7) is 0.527. The van der Waals surface area contributed by atoms with Crippen LogP contribution in [-0.4, -0.2) is 12.3 Å². The molecule has 1 aromatic carbocycles. The number of para-hydroxylation sites is 1. The van der Waals surface area contributed by atoms with Crippen LogP contribution in [0.1, 0.15) is 5.56 Å². The van der Waals surface area contributed by atoms with E-state index in [1.54, 1.807) is 5.01 Å². The molecule has 3 nitrogen and oxygen atoms in total. The fourth-order valence-electron chi connectivity index (χ4n) is 1.32. The van der Waals surface area contributed by atoms with Gasteiger partial charge in [-0.05, 0) is 6.07 Å². The summed E-state index contributed by atoms with van der Waals surface area (Å²) < 4.78 is 0. The molecule has 0 radical (unpaired) electrons. The molecule has 0 fully saturated rings. The summed E-state index contributed by atoms with van der Waals surface area (Å²) in [5.74, 6) is 5.63. The fraction of sp³-hybridized carbons (Fsp3) is 0.125. The van der Waals surface area contributed by atoms with Crippen molar-refractivity contribution >= 4 is 11.4 Å². The number of benzene rings is 1. The Balaban J connectivity index is 2.60. The highest BCUT2D eigenvalue weighted by Crippen LogP contribution is 2.23. The molecule has 0 aromatic heterocycles. The monoisotopic (exact) mass is 147 g/mol. The van der Waals surface area contributed by atoms with Gasteiger partial charge >= 0.3 is 0 Å². The second-order valence-electron chi connectivity index (χ2n) is 2.62. The molecular formula is C8H9N3. The predicted molar refractivity (Wildman–Crippen MR) is 44.8 cm³/mol. The molecule has 56 valence electrons. The SMILES string of the molecule is N=C1CN(N)c2ccccc21. The largest absolute Gasteiger partial charge is 0.304 e. The van der Waals surface area contributed by atoms with Crippen molar-refractivity contribution in [3.05, 3.63) is 29.8 Å². The molecule has 1 aliphatic rings. The van der Waals surface area contributed by atoms with Gasteiger partial charge in [0.2, 0.25) is 0 Å². The number of nitrogens with zero attached hydrogens (tertiary/aromatic N) is 1. The maximum absolute atomic E-state index is 7.54. The molecule has 0 spiro atoms. The van der Waals surface area contributed by atoms with Crippen LogP contribution in [0.2, 0.25) is 0 Å². The van der Waals surface area contributed by atoms with E-state index in [4.69, 9.17) is 11.3 Å². The molecule has 1 aliphatic heterocycles. The van der Waals surface area contributed by atoms with Crippen molar-refractivity contribution in [1.29, 1.82) is 5.41 Å². The molecule has 0 atom stereocenters. The zero-order valence-corrected chi connectivity index (χ0v) is 6.04. The molecule has 3 heteroatoms. The highest BCUT2D eigenvalue weighted by atomic mass is 15.4. The Morgan fingerprint density at radius 1 is 1.36 bits per heavy atom. The number of anilines is 1. The van der Waals surface area contributed by atoms with Crippen LogP contribution in [-0.2, 0) is 0 Å². The molecule has 0 saturated carbocycles. The zero-order chi connectivity index (χ0) is 7.84. The van der Waals surface area contributed by atoms with Gasteiger partial charge in [0.1, 0.15) is 0 Å². The van der Waals surface area contributed by atoms with Gasteiger partial charge in [0.15, 0.2) is 0 Å². The highest BCUT2D eigenvalue weighted by Gasteiger charge is 2.19. The molecule has 1 aromatic rings. The first-order valence-corrected chi connectivity index (χ1v) is 3.48. The van der Waals surface area contributed by atoms with Gasteiger partial charge in [0.25, 0.3) is 0 Å². The molecule has 0 saturated heterocycles. The molecule has 1 heterocycles. The lowest BCUT2D eigenvalue weighted by atomic mass is 10.1. The van der Waals surface area contributed by atoms with Crippen molar-refractivity contribution in [1.82, 2.24) is 0 Å². The average Bonchev–Trinajstić information content (AvgIpc) is 2.30. The minimum Gasteiger partial charge on any atom is -0.304 e. The Hall–Kier alpha value is -1.35. The summed E-state index contributed by atoms with van der Waals surface area (Å²) in [6.07, 6.45) is 0. The van der Waals surface area contributed by atoms with Crippen LogP contribution in [0, 0.1) is 5.41 Å². The molecule has 0 aliphatic carbocycles. The van der Waals surface area contributed by atoms with E-state index >= 15 is 0 Å². The fourth-order valence-corrected chi connectivity index (χ4v) is 1.32. The van der Waals surface area contributed by atoms with Crippen molar-refractivity contribution in [2.75, 3.05) is 11.6 Å². The quantitative estimate of drug-likeness (QED) is 0.532. The minimum absolute atomic E-state index is 0.527. The first-order valence-electron chi connectivity index (χ1n) is 3.48. The standard InChI is InChI=1S/C8H9N3/c9-7-5-11(10)8-4-2-1-3-6(7)8/h1-4,9H,5,10H2. The Morgan fingerprint density at radius 3 is 2.82 bits per heavy atom. The summed E-state index contributed by atoms with van der Waals surface area (Å²) in [7, 11) is 0. The predicted octanol–water partition coefficient (Wildman–Crippen LogP) is 0.748. The van der Waals surface area contributed by atoms with Crippen LogP contribution in [0.4, 0.5) is 5.69 Å². The summed E-state index contributed by atoms with van der Waals surface area (Å²) in [4.78, 5) is 0. The van der Waals surface area contributed by atoms with Crippen molar-refractivity contribution in [2.24, 2.45) is 5.84 Å². The molecular weight excluding hydrogens is 138 g/mol. The third kappa shape index (κ3) is 0.816. The van der Waals surface area contributed by atoms with Gasteiger partial charge in [0.05, 0.1) is 17.9 Å². The van der Waals surface area contributed by atoms with E-state index in [-0.39, 0.29) is 0 Å². The maximum atomic E-state index is 7.54. The van der Waals surface area contributed by atoms with Gasteiger partial charge in [-0.15, -0.1) is 0 Å². The molecule has 0 amide bonds. The van der Waals surface area contributed by atoms with Crippen LogP contribution >= 0.6 is 0 Å². The van der Waals surface area contributed by atoms with Crippen LogP contribution in [0.5, 0.6) is 0 Å². The molecule has 0 bridgehead atoms. The lowest BCUT2D eigenvalue weighted by molar-refractivity contribution is 0.987. The Morgan fingerprint density at radius 2 is 2.09 bits per heavy atom. The van der Waals surface area contributed by atoms with E-state index in [1.165, 1.54) is 0 Å². The second kappa shape index (κ2) is 2.07. The first-order chi connectivity index (χ1) is 5.29. The van der Waals surface area contributed by atoms with Crippen LogP contribution < -0.4 is 10.9 Å².